The lowest BCUT2D eigenvalue weighted by atomic mass is 9.97. The average Bonchev–Trinajstić information content (AvgIpc) is 1.63. The predicted molar refractivity (Wildman–Crippen MR) is 377 cm³/mol. The van der Waals surface area contributed by atoms with E-state index in [1.54, 1.807) is 57.7 Å². The lowest BCUT2D eigenvalue weighted by molar-refractivity contribution is -0.130. The highest BCUT2D eigenvalue weighted by Gasteiger charge is 2.37. The fourth-order valence-corrected chi connectivity index (χ4v) is 18.5. The largest absolute Gasteiger partial charge is 0.390 e. The van der Waals surface area contributed by atoms with E-state index in [1.807, 2.05) is 105 Å². The van der Waals surface area contributed by atoms with Gasteiger partial charge in [0, 0.05) is 127 Å². The summed E-state index contributed by atoms with van der Waals surface area (Å²) < 4.78 is 124. The smallest absolute Gasteiger partial charge is 0.382 e. The lowest BCUT2D eigenvalue weighted by Gasteiger charge is -2.30. The van der Waals surface area contributed by atoms with Crippen LogP contribution < -0.4 is 17.2 Å². The van der Waals surface area contributed by atoms with Gasteiger partial charge in [-0.25, -0.2) is 63.8 Å². The molecular weight excluding hydrogens is 1330 g/mol. The van der Waals surface area contributed by atoms with E-state index in [4.69, 9.17) is 32.2 Å². The number of nitrogens with two attached hydrogens (primary N) is 3. The van der Waals surface area contributed by atoms with Gasteiger partial charge < -0.3 is 32.2 Å². The minimum Gasteiger partial charge on any atom is -0.382 e. The topological polar surface area (TPSA) is 328 Å². The van der Waals surface area contributed by atoms with Gasteiger partial charge in [-0.15, -0.1) is 0 Å². The third-order valence-corrected chi connectivity index (χ3v) is 24.8. The summed E-state index contributed by atoms with van der Waals surface area (Å²) in [7, 11) is -10.6. The Labute approximate surface area is 568 Å². The third kappa shape index (κ3) is 13.3. The van der Waals surface area contributed by atoms with E-state index in [-0.39, 0.29) is 36.6 Å². The first-order chi connectivity index (χ1) is 47.6. The molecule has 0 saturated carbocycles. The Hall–Kier alpha value is -9.72. The number of H-pyrrole nitrogens is 3. The number of anilines is 3. The second kappa shape index (κ2) is 26.8. The molecule has 0 spiro atoms. The molecule has 0 atom stereocenters. The van der Waals surface area contributed by atoms with Gasteiger partial charge in [0.1, 0.15) is 68.6 Å². The highest BCUT2D eigenvalue weighted by atomic mass is 32.2. The van der Waals surface area contributed by atoms with Gasteiger partial charge in [0.05, 0.1) is 39.9 Å². The number of nitrogens with zero attached hydrogens (tertiary/aromatic N) is 12. The van der Waals surface area contributed by atoms with Crippen molar-refractivity contribution in [2.45, 2.75) is 87.1 Å². The fourth-order valence-electron chi connectivity index (χ4n) is 13.9. The SMILES string of the molecule is CCCS(=O)(=O)N1CCC(c2nc(-c3cc4ccccc4[nH]3)c3c(N)nccn23)CC1.Nc1nccn2c(C3CCN(S(=O)(=O)CCC(F)(F)F)CC3)nc(-c3cc4ccccc4[nH]3)c12.Nc1nccn2c(C3CCN(S(=O)(=O)c4ccccc4)CC3)nc(-c3cc4ccccc4[nH]3)c12. The van der Waals surface area contributed by atoms with E-state index in [0.717, 1.165) is 107 Å². The molecule has 0 aliphatic carbocycles. The van der Waals surface area contributed by atoms with Crippen LogP contribution in [0.15, 0.2) is 163 Å². The number of rotatable bonds is 14. The van der Waals surface area contributed by atoms with Crippen molar-refractivity contribution in [3.05, 3.63) is 176 Å². The highest BCUT2D eigenvalue weighted by molar-refractivity contribution is 7.89. The van der Waals surface area contributed by atoms with Crippen LogP contribution in [0.25, 0.3) is 83.4 Å². The van der Waals surface area contributed by atoms with Gasteiger partial charge in [0.15, 0.2) is 0 Å². The van der Waals surface area contributed by atoms with Crippen LogP contribution in [0.5, 0.6) is 0 Å². The molecule has 514 valence electrons. The van der Waals surface area contributed by atoms with Crippen molar-refractivity contribution < 1.29 is 38.4 Å². The van der Waals surface area contributed by atoms with Crippen molar-refractivity contribution >= 4 is 96.8 Å². The van der Waals surface area contributed by atoms with Crippen molar-refractivity contribution in [2.24, 2.45) is 0 Å². The number of para-hydroxylation sites is 3. The first kappa shape index (κ1) is 66.5. The molecule has 16 rings (SSSR count). The number of piperidine rings is 3. The van der Waals surface area contributed by atoms with Crippen molar-refractivity contribution in [1.82, 2.24) is 71.0 Å². The van der Waals surface area contributed by atoms with Crippen LogP contribution in [0.4, 0.5) is 30.6 Å². The second-order valence-corrected chi connectivity index (χ2v) is 31.3. The van der Waals surface area contributed by atoms with Crippen molar-refractivity contribution in [3.8, 4) is 34.2 Å². The van der Waals surface area contributed by atoms with Gasteiger partial charge >= 0.3 is 6.18 Å². The lowest BCUT2D eigenvalue weighted by Crippen LogP contribution is -2.40. The predicted octanol–water partition coefficient (Wildman–Crippen LogP) is 11.3. The summed E-state index contributed by atoms with van der Waals surface area (Å²) in [5.41, 5.74) is 28.8. The normalized spacial score (nSPS) is 16.3. The minimum absolute atomic E-state index is 0.0819. The minimum atomic E-state index is -4.51. The number of benzene rings is 4. The number of hydrogen-bond acceptors (Lipinski definition) is 15. The summed E-state index contributed by atoms with van der Waals surface area (Å²) in [6.45, 7) is 4.10. The molecule has 0 amide bonds. The maximum Gasteiger partial charge on any atom is 0.390 e. The van der Waals surface area contributed by atoms with Gasteiger partial charge in [-0.2, -0.15) is 17.5 Å². The first-order valence-corrected chi connectivity index (χ1v) is 37.5. The molecule has 9 aromatic heterocycles. The van der Waals surface area contributed by atoms with Gasteiger partial charge in [-0.3, -0.25) is 13.2 Å². The number of hydrogen-bond donors (Lipinski definition) is 6. The van der Waals surface area contributed by atoms with Crippen molar-refractivity contribution in [1.29, 1.82) is 0 Å². The van der Waals surface area contributed by atoms with Crippen LogP contribution in [0.3, 0.4) is 0 Å². The van der Waals surface area contributed by atoms with E-state index in [1.165, 1.54) is 0 Å². The van der Waals surface area contributed by atoms with Crippen LogP contribution in [-0.4, -0.2) is 153 Å². The standard InChI is InChI=1S/C25H24N6O2S.C22H23F3N6O2S.C22H26N6O2S/c26-24-23-22(21-16-18-6-4-5-9-20(18)28-21)29-25(31(23)15-12-27-24)17-10-13-30(14-11-17)34(32,33)19-7-2-1-3-8-19;23-22(24,25)7-12-34(32,33)30-9-5-14(6-10-30)21-29-18(19-20(26)27-8-11-31(19)21)17-13-15-3-1-2-4-16(15)28-17;1-2-13-31(29,30)27-10-7-15(8-11-27)22-26-19(20-21(23)24-9-12-28(20)22)18-14-16-5-3-4-6-17(16)25-18/h1-9,12,15-17,28H,10-11,13-14H2,(H2,26,27);1-4,8,11,13-14,28H,5-7,9-10,12H2,(H2,26,27);3-6,9,12,14-15,25H,2,7-8,10-11,13H2,1H3,(H2,23,24). The molecule has 9 N–H and O–H groups in total. The highest BCUT2D eigenvalue weighted by Crippen LogP contribution is 2.40. The quantitative estimate of drug-likeness (QED) is 0.0589. The number of fused-ring (bicyclic) bond motifs is 6. The molecule has 0 unspecified atom stereocenters. The molecule has 3 aliphatic heterocycles. The fraction of sp³-hybridized carbons (Fsp3) is 0.304. The zero-order chi connectivity index (χ0) is 69.0. The summed E-state index contributed by atoms with van der Waals surface area (Å²) in [4.78, 5) is 38.3. The molecule has 12 heterocycles. The number of imidazole rings is 3. The molecular formula is C69H73F3N18O6S3. The Balaban J connectivity index is 0.000000127. The van der Waals surface area contributed by atoms with Crippen LogP contribution in [0.1, 0.15) is 93.5 Å². The van der Waals surface area contributed by atoms with E-state index >= 15 is 0 Å². The molecule has 0 radical (unpaired) electrons. The Kier molecular flexibility index (Phi) is 18.0. The molecule has 0 bridgehead atoms. The zero-order valence-corrected chi connectivity index (χ0v) is 56.4. The number of alkyl halides is 3. The summed E-state index contributed by atoms with van der Waals surface area (Å²) in [5.74, 6) is 3.14. The van der Waals surface area contributed by atoms with Crippen molar-refractivity contribution in [3.63, 3.8) is 0 Å². The number of aromatic nitrogens is 12. The summed E-state index contributed by atoms with van der Waals surface area (Å²) >= 11 is 0. The second-order valence-electron chi connectivity index (χ2n) is 25.2. The molecule has 13 aromatic rings. The molecule has 99 heavy (non-hydrogen) atoms. The van der Waals surface area contributed by atoms with Gasteiger partial charge in [0.25, 0.3) is 0 Å². The monoisotopic (exact) mass is 1400 g/mol. The Morgan fingerprint density at radius 1 is 0.455 bits per heavy atom. The Bertz CT molecular complexity index is 5380. The number of sulfonamides is 3. The van der Waals surface area contributed by atoms with Crippen molar-refractivity contribution in [2.75, 3.05) is 68.0 Å². The van der Waals surface area contributed by atoms with Crippen LogP contribution in [-0.2, 0) is 30.1 Å². The van der Waals surface area contributed by atoms with Gasteiger partial charge in [0.2, 0.25) is 30.1 Å². The summed E-state index contributed by atoms with van der Waals surface area (Å²) in [6, 6.07) is 38.8. The van der Waals surface area contributed by atoms with E-state index in [9.17, 15) is 38.4 Å². The molecule has 24 nitrogen and oxygen atoms in total. The number of nitrogens with one attached hydrogen (secondary N) is 3. The molecule has 4 aromatic carbocycles. The zero-order valence-electron chi connectivity index (χ0n) is 54.0. The summed E-state index contributed by atoms with van der Waals surface area (Å²) in [6.07, 6.45) is 8.98. The number of aromatic amines is 3. The van der Waals surface area contributed by atoms with E-state index in [0.29, 0.717) is 91.8 Å². The van der Waals surface area contributed by atoms with Crippen LogP contribution >= 0.6 is 0 Å². The maximum absolute atomic E-state index is 13.0. The first-order valence-electron chi connectivity index (χ1n) is 32.8. The van der Waals surface area contributed by atoms with E-state index in [2.05, 4.69) is 54.2 Å². The van der Waals surface area contributed by atoms with Gasteiger partial charge in [-0.1, -0.05) is 79.7 Å². The Morgan fingerprint density at radius 2 is 0.778 bits per heavy atom. The number of nitrogen functional groups attached to an aromatic ring is 3. The number of halogens is 3. The van der Waals surface area contributed by atoms with E-state index < -0.39 is 48.4 Å². The molecule has 3 aliphatic rings. The van der Waals surface area contributed by atoms with Gasteiger partial charge in [-0.05, 0) is 93.5 Å². The molecule has 3 fully saturated rings. The molecule has 30 heteroatoms. The molecule has 3 saturated heterocycles. The van der Waals surface area contributed by atoms with Crippen LogP contribution in [0, 0.1) is 0 Å². The van der Waals surface area contributed by atoms with Crippen LogP contribution in [0.2, 0.25) is 0 Å². The Morgan fingerprint density at radius 3 is 1.11 bits per heavy atom. The summed E-state index contributed by atoms with van der Waals surface area (Å²) in [5, 5.41) is 3.24. The maximum atomic E-state index is 13.0. The average molecular weight is 1400 g/mol. The third-order valence-electron chi connectivity index (χ3n) is 18.9.